The van der Waals surface area contributed by atoms with E-state index in [1.54, 1.807) is 0 Å². The Morgan fingerprint density at radius 3 is 2.81 bits per heavy atom. The average molecular weight is 284 g/mol. The molecule has 2 nitrogen and oxygen atoms in total. The van der Waals surface area contributed by atoms with Crippen molar-refractivity contribution in [2.24, 2.45) is 0 Å². The number of nitrogens with one attached hydrogen (secondary N) is 1. The van der Waals surface area contributed by atoms with Crippen molar-refractivity contribution in [2.75, 3.05) is 6.61 Å². The summed E-state index contributed by atoms with van der Waals surface area (Å²) < 4.78 is 6.73. The van der Waals surface area contributed by atoms with Crippen LogP contribution in [0.2, 0.25) is 0 Å². The lowest BCUT2D eigenvalue weighted by molar-refractivity contribution is 0.111. The molecule has 0 aromatic heterocycles. The van der Waals surface area contributed by atoms with Crippen LogP contribution in [0.25, 0.3) is 0 Å². The van der Waals surface area contributed by atoms with Gasteiger partial charge in [-0.15, -0.1) is 0 Å². The van der Waals surface area contributed by atoms with Gasteiger partial charge >= 0.3 is 0 Å². The lowest BCUT2D eigenvalue weighted by Crippen LogP contribution is -2.36. The highest BCUT2D eigenvalue weighted by molar-refractivity contribution is 9.10. The molecule has 1 heterocycles. The van der Waals surface area contributed by atoms with E-state index in [0.29, 0.717) is 18.2 Å². The lowest BCUT2D eigenvalue weighted by Gasteiger charge is -2.22. The molecule has 0 saturated carbocycles. The van der Waals surface area contributed by atoms with Crippen LogP contribution in [0.3, 0.4) is 0 Å². The molecule has 1 fully saturated rings. The summed E-state index contributed by atoms with van der Waals surface area (Å²) in [7, 11) is 0. The molecule has 2 rings (SSSR count). The molecule has 3 heteroatoms. The first-order valence-corrected chi connectivity index (χ1v) is 6.60. The van der Waals surface area contributed by atoms with Crippen molar-refractivity contribution in [2.45, 2.75) is 38.5 Å². The molecule has 0 bridgehead atoms. The van der Waals surface area contributed by atoms with Crippen molar-refractivity contribution in [3.8, 4) is 0 Å². The summed E-state index contributed by atoms with van der Waals surface area (Å²) in [4.78, 5) is 0. The summed E-state index contributed by atoms with van der Waals surface area (Å²) in [5.41, 5.74) is 1.31. The van der Waals surface area contributed by atoms with Crippen LogP contribution < -0.4 is 5.32 Å². The maximum absolute atomic E-state index is 5.56. The first kappa shape index (κ1) is 12.1. The highest BCUT2D eigenvalue weighted by atomic mass is 79.9. The van der Waals surface area contributed by atoms with Crippen molar-refractivity contribution >= 4 is 15.9 Å². The summed E-state index contributed by atoms with van der Waals surface area (Å²) >= 11 is 3.59. The topological polar surface area (TPSA) is 21.3 Å². The van der Waals surface area contributed by atoms with Gasteiger partial charge in [0, 0.05) is 23.2 Å². The molecule has 1 aromatic rings. The van der Waals surface area contributed by atoms with Gasteiger partial charge in [-0.2, -0.15) is 0 Å². The molecular formula is C13H18BrNO. The largest absolute Gasteiger partial charge is 0.377 e. The fourth-order valence-corrected chi connectivity index (χ4v) is 2.82. The monoisotopic (exact) mass is 283 g/mol. The quantitative estimate of drug-likeness (QED) is 0.919. The van der Waals surface area contributed by atoms with Gasteiger partial charge in [0.15, 0.2) is 0 Å². The Balaban J connectivity index is 2.03. The number of ether oxygens (including phenoxy) is 1. The third-order valence-electron chi connectivity index (χ3n) is 3.21. The van der Waals surface area contributed by atoms with Gasteiger partial charge in [0.25, 0.3) is 0 Å². The molecule has 3 atom stereocenters. The molecule has 1 aliphatic rings. The maximum Gasteiger partial charge on any atom is 0.0700 e. The second-order valence-electron chi connectivity index (χ2n) is 4.38. The molecule has 2 unspecified atom stereocenters. The Kier molecular flexibility index (Phi) is 4.00. The van der Waals surface area contributed by atoms with Crippen LogP contribution >= 0.6 is 15.9 Å². The normalized spacial score (nSPS) is 26.9. The molecule has 1 N–H and O–H groups in total. The third kappa shape index (κ3) is 2.65. The molecule has 16 heavy (non-hydrogen) atoms. The maximum atomic E-state index is 5.56. The van der Waals surface area contributed by atoms with E-state index >= 15 is 0 Å². The fraction of sp³-hybridized carbons (Fsp3) is 0.538. The molecular weight excluding hydrogens is 266 g/mol. The number of halogens is 1. The first-order valence-electron chi connectivity index (χ1n) is 5.80. The van der Waals surface area contributed by atoms with Crippen LogP contribution in [0.15, 0.2) is 28.7 Å². The van der Waals surface area contributed by atoms with Gasteiger partial charge in [-0.05, 0) is 31.9 Å². The van der Waals surface area contributed by atoms with Gasteiger partial charge < -0.3 is 10.1 Å². The zero-order valence-electron chi connectivity index (χ0n) is 9.74. The smallest absolute Gasteiger partial charge is 0.0700 e. The molecule has 0 amide bonds. The summed E-state index contributed by atoms with van der Waals surface area (Å²) in [5, 5.41) is 3.63. The Bertz CT molecular complexity index is 356. The van der Waals surface area contributed by atoms with Gasteiger partial charge in [-0.25, -0.2) is 0 Å². The minimum absolute atomic E-state index is 0.324. The summed E-state index contributed by atoms with van der Waals surface area (Å²) in [5.74, 6) is 0. The van der Waals surface area contributed by atoms with Gasteiger partial charge in [0.05, 0.1) is 6.10 Å². The van der Waals surface area contributed by atoms with Crippen molar-refractivity contribution in [1.29, 1.82) is 0 Å². The van der Waals surface area contributed by atoms with E-state index in [0.717, 1.165) is 13.0 Å². The zero-order valence-corrected chi connectivity index (χ0v) is 11.3. The molecule has 0 radical (unpaired) electrons. The van der Waals surface area contributed by atoms with E-state index in [2.05, 4.69) is 53.3 Å². The predicted molar refractivity (Wildman–Crippen MR) is 69.5 cm³/mol. The van der Waals surface area contributed by atoms with Crippen molar-refractivity contribution in [3.05, 3.63) is 34.3 Å². The molecule has 1 aliphatic heterocycles. The standard InChI is InChI=1S/C13H18BrNO/c1-9(11-5-3-4-6-12(11)14)15-13-7-8-16-10(13)2/h3-6,9-10,13,15H,7-8H2,1-2H3/t9-,10?,13?/m1/s1. The number of rotatable bonds is 3. The van der Waals surface area contributed by atoms with Crippen LogP contribution in [0, 0.1) is 0 Å². The highest BCUT2D eigenvalue weighted by Crippen LogP contribution is 2.25. The second-order valence-corrected chi connectivity index (χ2v) is 5.24. The Morgan fingerprint density at radius 2 is 2.19 bits per heavy atom. The van der Waals surface area contributed by atoms with Crippen LogP contribution in [0.1, 0.15) is 31.9 Å². The van der Waals surface area contributed by atoms with E-state index < -0.39 is 0 Å². The van der Waals surface area contributed by atoms with Gasteiger partial charge in [0.1, 0.15) is 0 Å². The number of hydrogen-bond acceptors (Lipinski definition) is 2. The van der Waals surface area contributed by atoms with E-state index in [1.165, 1.54) is 10.0 Å². The van der Waals surface area contributed by atoms with Crippen LogP contribution in [0.4, 0.5) is 0 Å². The fourth-order valence-electron chi connectivity index (χ4n) is 2.19. The van der Waals surface area contributed by atoms with Crippen LogP contribution in [0.5, 0.6) is 0 Å². The predicted octanol–water partition coefficient (Wildman–Crippen LogP) is 3.28. The second kappa shape index (κ2) is 5.30. The summed E-state index contributed by atoms with van der Waals surface area (Å²) in [6.07, 6.45) is 1.43. The van der Waals surface area contributed by atoms with Crippen molar-refractivity contribution in [1.82, 2.24) is 5.32 Å². The minimum atomic E-state index is 0.324. The summed E-state index contributed by atoms with van der Waals surface area (Å²) in [6, 6.07) is 9.19. The third-order valence-corrected chi connectivity index (χ3v) is 3.93. The average Bonchev–Trinajstić information content (AvgIpc) is 2.65. The van der Waals surface area contributed by atoms with Crippen molar-refractivity contribution in [3.63, 3.8) is 0 Å². The van der Waals surface area contributed by atoms with Crippen LogP contribution in [-0.4, -0.2) is 18.8 Å². The minimum Gasteiger partial charge on any atom is -0.377 e. The van der Waals surface area contributed by atoms with Crippen molar-refractivity contribution < 1.29 is 4.74 Å². The van der Waals surface area contributed by atoms with Gasteiger partial charge in [0.2, 0.25) is 0 Å². The zero-order chi connectivity index (χ0) is 11.5. The first-order chi connectivity index (χ1) is 7.68. The Hall–Kier alpha value is -0.380. The Labute approximate surface area is 106 Å². The number of hydrogen-bond donors (Lipinski definition) is 1. The van der Waals surface area contributed by atoms with E-state index in [1.807, 2.05) is 6.07 Å². The summed E-state index contributed by atoms with van der Waals surface area (Å²) in [6.45, 7) is 5.21. The van der Waals surface area contributed by atoms with E-state index in [-0.39, 0.29) is 0 Å². The molecule has 1 aromatic carbocycles. The van der Waals surface area contributed by atoms with Crippen LogP contribution in [-0.2, 0) is 4.74 Å². The Morgan fingerprint density at radius 1 is 1.44 bits per heavy atom. The molecule has 1 saturated heterocycles. The molecule has 88 valence electrons. The molecule has 0 spiro atoms. The highest BCUT2D eigenvalue weighted by Gasteiger charge is 2.25. The van der Waals surface area contributed by atoms with E-state index in [9.17, 15) is 0 Å². The van der Waals surface area contributed by atoms with Gasteiger partial charge in [-0.1, -0.05) is 34.1 Å². The SMILES string of the molecule is CC1OCCC1N[C@H](C)c1ccccc1Br. The lowest BCUT2D eigenvalue weighted by atomic mass is 10.1. The number of benzene rings is 1. The van der Waals surface area contributed by atoms with Gasteiger partial charge in [-0.3, -0.25) is 0 Å². The van der Waals surface area contributed by atoms with E-state index in [4.69, 9.17) is 4.74 Å². The molecule has 0 aliphatic carbocycles.